The van der Waals surface area contributed by atoms with E-state index in [1.165, 1.54) is 0 Å². The van der Waals surface area contributed by atoms with Crippen molar-refractivity contribution in [3.63, 3.8) is 0 Å². The fourth-order valence-corrected chi connectivity index (χ4v) is 2.90. The monoisotopic (exact) mass is 320 g/mol. The van der Waals surface area contributed by atoms with Crippen LogP contribution in [0.2, 0.25) is 5.02 Å². The number of carbonyl (C=O) groups is 1. The summed E-state index contributed by atoms with van der Waals surface area (Å²) in [6, 6.07) is 8.87. The van der Waals surface area contributed by atoms with E-state index in [-0.39, 0.29) is 24.2 Å². The Balaban J connectivity index is 1.77. The number of carbonyl (C=O) groups excluding carboxylic acids is 1. The number of benzene rings is 1. The predicted molar refractivity (Wildman–Crippen MR) is 82.7 cm³/mol. The van der Waals surface area contributed by atoms with Gasteiger partial charge in [-0.25, -0.2) is 0 Å². The van der Waals surface area contributed by atoms with Crippen LogP contribution in [0.4, 0.5) is 0 Å². The Labute approximate surface area is 133 Å². The number of amides is 1. The van der Waals surface area contributed by atoms with E-state index in [0.29, 0.717) is 23.8 Å². The highest BCUT2D eigenvalue weighted by Crippen LogP contribution is 2.24. The first-order chi connectivity index (χ1) is 10.7. The van der Waals surface area contributed by atoms with E-state index in [9.17, 15) is 9.90 Å². The summed E-state index contributed by atoms with van der Waals surface area (Å²) in [6.45, 7) is 1.35. The van der Waals surface area contributed by atoms with Crippen molar-refractivity contribution in [1.29, 1.82) is 0 Å². The van der Waals surface area contributed by atoms with Crippen LogP contribution in [-0.4, -0.2) is 40.8 Å². The van der Waals surface area contributed by atoms with Gasteiger partial charge >= 0.3 is 0 Å². The van der Waals surface area contributed by atoms with Gasteiger partial charge in [0.05, 0.1) is 0 Å². The molecule has 1 N–H and O–H groups in total. The summed E-state index contributed by atoms with van der Waals surface area (Å²) in [7, 11) is 0. The number of piperidine rings is 1. The van der Waals surface area contributed by atoms with Gasteiger partial charge in [0.15, 0.2) is 0 Å². The minimum absolute atomic E-state index is 0.105. The van der Waals surface area contributed by atoms with E-state index < -0.39 is 0 Å². The number of aromatic nitrogens is 1. The van der Waals surface area contributed by atoms with Crippen LogP contribution in [0, 0.1) is 5.92 Å². The minimum Gasteiger partial charge on any atom is -0.396 e. The first-order valence-electron chi connectivity index (χ1n) is 7.30. The predicted octanol–water partition coefficient (Wildman–Crippen LogP) is 2.84. The zero-order valence-electron chi connectivity index (χ0n) is 12.0. The third-order valence-corrected chi connectivity index (χ3v) is 4.14. The van der Waals surface area contributed by atoms with Gasteiger partial charge in [0.1, 0.15) is 5.69 Å². The molecule has 3 rings (SSSR count). The van der Waals surface area contributed by atoms with E-state index in [1.54, 1.807) is 23.1 Å². The minimum atomic E-state index is -0.182. The smallest absolute Gasteiger partial charge is 0.292 e. The second kappa shape index (κ2) is 6.50. The highest BCUT2D eigenvalue weighted by Gasteiger charge is 2.26. The van der Waals surface area contributed by atoms with Crippen molar-refractivity contribution < 1.29 is 14.4 Å². The lowest BCUT2D eigenvalue weighted by Crippen LogP contribution is -2.40. The van der Waals surface area contributed by atoms with Crippen LogP contribution in [0.15, 0.2) is 34.9 Å². The SMILES string of the molecule is O=C(c1cc(-c2cccc(Cl)c2)no1)N1CCCC(CO)C1. The Morgan fingerprint density at radius 2 is 2.32 bits per heavy atom. The fourth-order valence-electron chi connectivity index (χ4n) is 2.71. The van der Waals surface area contributed by atoms with Gasteiger partial charge in [0.25, 0.3) is 5.91 Å². The summed E-state index contributed by atoms with van der Waals surface area (Å²) in [5.74, 6) is 0.181. The van der Waals surface area contributed by atoms with E-state index >= 15 is 0 Å². The quantitative estimate of drug-likeness (QED) is 0.944. The molecule has 1 aliphatic heterocycles. The van der Waals surface area contributed by atoms with Gasteiger partial charge in [-0.15, -0.1) is 0 Å². The summed E-state index contributed by atoms with van der Waals surface area (Å²) in [5, 5.41) is 13.8. The summed E-state index contributed by atoms with van der Waals surface area (Å²) in [6.07, 6.45) is 1.84. The lowest BCUT2D eigenvalue weighted by atomic mass is 9.99. The molecule has 1 aromatic heterocycles. The zero-order chi connectivity index (χ0) is 15.5. The molecule has 2 aromatic rings. The highest BCUT2D eigenvalue weighted by atomic mass is 35.5. The number of nitrogens with zero attached hydrogens (tertiary/aromatic N) is 2. The largest absolute Gasteiger partial charge is 0.396 e. The third kappa shape index (κ3) is 3.15. The Morgan fingerprint density at radius 3 is 3.09 bits per heavy atom. The third-order valence-electron chi connectivity index (χ3n) is 3.91. The number of hydrogen-bond acceptors (Lipinski definition) is 4. The van der Waals surface area contributed by atoms with Crippen molar-refractivity contribution in [2.75, 3.05) is 19.7 Å². The lowest BCUT2D eigenvalue weighted by Gasteiger charge is -2.30. The molecular formula is C16H17ClN2O3. The second-order valence-corrected chi connectivity index (χ2v) is 5.97. The zero-order valence-corrected chi connectivity index (χ0v) is 12.8. The van der Waals surface area contributed by atoms with Crippen molar-refractivity contribution in [1.82, 2.24) is 10.1 Å². The number of rotatable bonds is 3. The molecule has 1 amide bonds. The van der Waals surface area contributed by atoms with Crippen molar-refractivity contribution in [2.45, 2.75) is 12.8 Å². The number of hydrogen-bond donors (Lipinski definition) is 1. The second-order valence-electron chi connectivity index (χ2n) is 5.53. The molecular weight excluding hydrogens is 304 g/mol. The average molecular weight is 321 g/mol. The van der Waals surface area contributed by atoms with E-state index in [0.717, 1.165) is 18.4 Å². The molecule has 1 atom stereocenters. The van der Waals surface area contributed by atoms with Gasteiger partial charge in [-0.3, -0.25) is 4.79 Å². The number of likely N-dealkylation sites (tertiary alicyclic amines) is 1. The molecule has 5 nitrogen and oxygen atoms in total. The Bertz CT molecular complexity index is 671. The summed E-state index contributed by atoms with van der Waals surface area (Å²) < 4.78 is 5.20. The summed E-state index contributed by atoms with van der Waals surface area (Å²) in [4.78, 5) is 14.2. The van der Waals surface area contributed by atoms with Crippen LogP contribution in [-0.2, 0) is 0 Å². The van der Waals surface area contributed by atoms with Crippen molar-refractivity contribution in [3.05, 3.63) is 41.1 Å². The molecule has 116 valence electrons. The van der Waals surface area contributed by atoms with Gasteiger partial charge in [-0.2, -0.15) is 0 Å². The van der Waals surface area contributed by atoms with Gasteiger partial charge in [0.2, 0.25) is 5.76 Å². The van der Waals surface area contributed by atoms with Crippen LogP contribution in [0.3, 0.4) is 0 Å². The van der Waals surface area contributed by atoms with Crippen molar-refractivity contribution >= 4 is 17.5 Å². The van der Waals surface area contributed by atoms with Crippen LogP contribution in [0.1, 0.15) is 23.4 Å². The lowest BCUT2D eigenvalue weighted by molar-refractivity contribution is 0.0581. The van der Waals surface area contributed by atoms with Gasteiger partial charge < -0.3 is 14.5 Å². The molecule has 22 heavy (non-hydrogen) atoms. The Kier molecular flexibility index (Phi) is 4.45. The maximum atomic E-state index is 12.5. The van der Waals surface area contributed by atoms with Gasteiger partial charge in [-0.1, -0.05) is 28.9 Å². The Morgan fingerprint density at radius 1 is 1.45 bits per heavy atom. The van der Waals surface area contributed by atoms with Gasteiger partial charge in [-0.05, 0) is 30.9 Å². The number of aliphatic hydroxyl groups excluding tert-OH is 1. The molecule has 0 radical (unpaired) electrons. The van der Waals surface area contributed by atoms with Crippen LogP contribution in [0.5, 0.6) is 0 Å². The molecule has 1 saturated heterocycles. The average Bonchev–Trinajstić information content (AvgIpc) is 3.04. The normalized spacial score (nSPS) is 18.5. The van der Waals surface area contributed by atoms with Crippen molar-refractivity contribution in [2.24, 2.45) is 5.92 Å². The molecule has 0 saturated carbocycles. The van der Waals surface area contributed by atoms with Gasteiger partial charge in [0, 0.05) is 36.3 Å². The van der Waals surface area contributed by atoms with E-state index in [1.807, 2.05) is 12.1 Å². The van der Waals surface area contributed by atoms with Crippen LogP contribution in [0.25, 0.3) is 11.3 Å². The first kappa shape index (κ1) is 15.1. The first-order valence-corrected chi connectivity index (χ1v) is 7.68. The molecule has 0 bridgehead atoms. The summed E-state index contributed by atoms with van der Waals surface area (Å²) >= 11 is 5.96. The van der Waals surface area contributed by atoms with E-state index in [2.05, 4.69) is 5.16 Å². The molecule has 0 aliphatic carbocycles. The molecule has 1 fully saturated rings. The maximum absolute atomic E-state index is 12.5. The maximum Gasteiger partial charge on any atom is 0.292 e. The molecule has 6 heteroatoms. The van der Waals surface area contributed by atoms with E-state index in [4.69, 9.17) is 16.1 Å². The number of aliphatic hydroxyl groups is 1. The molecule has 1 aliphatic rings. The van der Waals surface area contributed by atoms with Crippen LogP contribution < -0.4 is 0 Å². The number of halogens is 1. The standard InChI is InChI=1S/C16H17ClN2O3/c17-13-5-1-4-12(7-13)14-8-15(22-18-14)16(21)19-6-2-3-11(9-19)10-20/h1,4-5,7-8,11,20H,2-3,6,9-10H2. The highest BCUT2D eigenvalue weighted by molar-refractivity contribution is 6.30. The Hall–Kier alpha value is -1.85. The topological polar surface area (TPSA) is 66.6 Å². The fraction of sp³-hybridized carbons (Fsp3) is 0.375. The molecule has 0 spiro atoms. The molecule has 2 heterocycles. The van der Waals surface area contributed by atoms with Crippen molar-refractivity contribution in [3.8, 4) is 11.3 Å². The summed E-state index contributed by atoms with van der Waals surface area (Å²) in [5.41, 5.74) is 1.39. The molecule has 1 unspecified atom stereocenters. The molecule has 1 aromatic carbocycles. The van der Waals surface area contributed by atoms with Crippen LogP contribution >= 0.6 is 11.6 Å².